The SMILES string of the molecule is O=NN1C(=O)CSCC1C(=O)O. The maximum Gasteiger partial charge on any atom is 0.329 e. The highest BCUT2D eigenvalue weighted by molar-refractivity contribution is 8.00. The van der Waals surface area contributed by atoms with Gasteiger partial charge in [0, 0.05) is 5.75 Å². The van der Waals surface area contributed by atoms with E-state index in [-0.39, 0.29) is 11.5 Å². The van der Waals surface area contributed by atoms with Crippen LogP contribution in [0.2, 0.25) is 0 Å². The van der Waals surface area contributed by atoms with Crippen LogP contribution < -0.4 is 0 Å². The first-order chi connectivity index (χ1) is 5.66. The number of thioether (sulfide) groups is 1. The lowest BCUT2D eigenvalue weighted by Crippen LogP contribution is -2.47. The maximum absolute atomic E-state index is 10.9. The van der Waals surface area contributed by atoms with Crippen molar-refractivity contribution in [3.05, 3.63) is 4.91 Å². The minimum absolute atomic E-state index is 0.121. The lowest BCUT2D eigenvalue weighted by Gasteiger charge is -2.24. The van der Waals surface area contributed by atoms with Gasteiger partial charge in [-0.1, -0.05) is 0 Å². The Morgan fingerprint density at radius 2 is 2.42 bits per heavy atom. The van der Waals surface area contributed by atoms with Crippen molar-refractivity contribution in [2.24, 2.45) is 5.29 Å². The Kier molecular flexibility index (Phi) is 2.64. The fourth-order valence-corrected chi connectivity index (χ4v) is 1.78. The molecule has 12 heavy (non-hydrogen) atoms. The Labute approximate surface area is 71.9 Å². The van der Waals surface area contributed by atoms with E-state index >= 15 is 0 Å². The van der Waals surface area contributed by atoms with Crippen LogP contribution >= 0.6 is 11.8 Å². The summed E-state index contributed by atoms with van der Waals surface area (Å²) in [6, 6.07) is -1.10. The quantitative estimate of drug-likeness (QED) is 0.604. The molecule has 0 radical (unpaired) electrons. The van der Waals surface area contributed by atoms with Crippen molar-refractivity contribution in [1.82, 2.24) is 5.01 Å². The molecule has 0 aromatic rings. The molecule has 0 spiro atoms. The molecule has 1 amide bonds. The number of carbonyl (C=O) groups is 2. The van der Waals surface area contributed by atoms with E-state index in [1.165, 1.54) is 11.8 Å². The summed E-state index contributed by atoms with van der Waals surface area (Å²) in [5, 5.41) is 11.4. The van der Waals surface area contributed by atoms with E-state index in [1.54, 1.807) is 0 Å². The molecule has 1 aliphatic rings. The molecular formula is C5H6N2O4S. The van der Waals surface area contributed by atoms with Gasteiger partial charge in [-0.15, -0.1) is 16.7 Å². The molecule has 0 bridgehead atoms. The highest BCUT2D eigenvalue weighted by Gasteiger charge is 2.34. The number of carboxylic acid groups (broad SMARTS) is 1. The number of carbonyl (C=O) groups excluding carboxylic acids is 1. The molecule has 1 unspecified atom stereocenters. The van der Waals surface area contributed by atoms with Crippen molar-refractivity contribution in [2.75, 3.05) is 11.5 Å². The van der Waals surface area contributed by atoms with E-state index in [4.69, 9.17) is 5.11 Å². The van der Waals surface area contributed by atoms with E-state index in [9.17, 15) is 14.5 Å². The van der Waals surface area contributed by atoms with Crippen LogP contribution in [0.15, 0.2) is 5.29 Å². The summed E-state index contributed by atoms with van der Waals surface area (Å²) in [6.45, 7) is 0. The van der Waals surface area contributed by atoms with Gasteiger partial charge in [0.15, 0.2) is 6.04 Å². The van der Waals surface area contributed by atoms with Gasteiger partial charge in [0.1, 0.15) is 0 Å². The van der Waals surface area contributed by atoms with E-state index in [2.05, 4.69) is 5.29 Å². The third-order valence-corrected chi connectivity index (χ3v) is 2.43. The van der Waals surface area contributed by atoms with Gasteiger partial charge in [0.05, 0.1) is 11.0 Å². The molecule has 0 aromatic heterocycles. The van der Waals surface area contributed by atoms with Gasteiger partial charge in [0.25, 0.3) is 5.91 Å². The van der Waals surface area contributed by atoms with Crippen molar-refractivity contribution < 1.29 is 14.7 Å². The molecule has 6 nitrogen and oxygen atoms in total. The predicted molar refractivity (Wildman–Crippen MR) is 41.4 cm³/mol. The number of amides is 1. The highest BCUT2D eigenvalue weighted by atomic mass is 32.2. The highest BCUT2D eigenvalue weighted by Crippen LogP contribution is 2.17. The molecule has 7 heteroatoms. The van der Waals surface area contributed by atoms with Crippen LogP contribution in [-0.2, 0) is 9.59 Å². The molecule has 0 aliphatic carbocycles. The number of rotatable bonds is 2. The molecule has 0 aromatic carbocycles. The lowest BCUT2D eigenvalue weighted by molar-refractivity contribution is -0.148. The monoisotopic (exact) mass is 190 g/mol. The lowest BCUT2D eigenvalue weighted by atomic mass is 10.3. The average molecular weight is 190 g/mol. The summed E-state index contributed by atoms with van der Waals surface area (Å²) in [4.78, 5) is 31.4. The van der Waals surface area contributed by atoms with Crippen molar-refractivity contribution in [3.8, 4) is 0 Å². The molecule has 1 rings (SSSR count). The van der Waals surface area contributed by atoms with Crippen molar-refractivity contribution >= 4 is 23.6 Å². The van der Waals surface area contributed by atoms with Gasteiger partial charge in [0.2, 0.25) is 0 Å². The molecular weight excluding hydrogens is 184 g/mol. The minimum atomic E-state index is -1.20. The Bertz CT molecular complexity index is 231. The molecule has 1 heterocycles. The number of hydrogen-bond donors (Lipinski definition) is 1. The van der Waals surface area contributed by atoms with Gasteiger partial charge in [-0.25, -0.2) is 4.79 Å². The number of nitroso groups, excluding NO2 is 1. The number of nitrogens with zero attached hydrogens (tertiary/aromatic N) is 2. The van der Waals surface area contributed by atoms with Gasteiger partial charge in [-0.3, -0.25) is 4.79 Å². The van der Waals surface area contributed by atoms with Crippen LogP contribution in [-0.4, -0.2) is 39.5 Å². The Morgan fingerprint density at radius 1 is 1.75 bits per heavy atom. The van der Waals surface area contributed by atoms with Crippen LogP contribution in [0.4, 0.5) is 0 Å². The second kappa shape index (κ2) is 3.53. The summed E-state index contributed by atoms with van der Waals surface area (Å²) < 4.78 is 0. The van der Waals surface area contributed by atoms with Gasteiger partial charge in [-0.2, -0.15) is 5.01 Å². The normalized spacial score (nSPS) is 23.8. The van der Waals surface area contributed by atoms with Crippen LogP contribution in [0.3, 0.4) is 0 Å². The Hall–Kier alpha value is -1.11. The van der Waals surface area contributed by atoms with Crippen molar-refractivity contribution in [2.45, 2.75) is 6.04 Å². The van der Waals surface area contributed by atoms with E-state index in [1.807, 2.05) is 0 Å². The maximum atomic E-state index is 10.9. The second-order valence-corrected chi connectivity index (χ2v) is 3.22. The zero-order chi connectivity index (χ0) is 9.14. The van der Waals surface area contributed by atoms with Gasteiger partial charge >= 0.3 is 5.97 Å². The molecule has 1 saturated heterocycles. The van der Waals surface area contributed by atoms with Crippen LogP contribution in [0.1, 0.15) is 0 Å². The van der Waals surface area contributed by atoms with Crippen LogP contribution in [0.5, 0.6) is 0 Å². The van der Waals surface area contributed by atoms with E-state index in [0.717, 1.165) is 0 Å². The predicted octanol–water partition coefficient (Wildman–Crippen LogP) is -0.304. The van der Waals surface area contributed by atoms with Crippen molar-refractivity contribution in [3.63, 3.8) is 0 Å². The summed E-state index contributed by atoms with van der Waals surface area (Å²) in [5.41, 5.74) is 0. The molecule has 1 aliphatic heterocycles. The summed E-state index contributed by atoms with van der Waals surface area (Å²) in [5.74, 6) is -1.41. The first-order valence-corrected chi connectivity index (χ1v) is 4.28. The Balaban J connectivity index is 2.77. The first-order valence-electron chi connectivity index (χ1n) is 3.12. The van der Waals surface area contributed by atoms with E-state index < -0.39 is 17.9 Å². The summed E-state index contributed by atoms with van der Waals surface area (Å²) >= 11 is 1.19. The fourth-order valence-electron chi connectivity index (χ4n) is 0.847. The number of hydrogen-bond acceptors (Lipinski definition) is 5. The Morgan fingerprint density at radius 3 is 2.83 bits per heavy atom. The van der Waals surface area contributed by atoms with Crippen molar-refractivity contribution in [1.29, 1.82) is 0 Å². The molecule has 1 N–H and O–H groups in total. The molecule has 0 saturated carbocycles. The van der Waals surface area contributed by atoms with E-state index in [0.29, 0.717) is 5.01 Å². The minimum Gasteiger partial charge on any atom is -0.480 e. The molecule has 66 valence electrons. The van der Waals surface area contributed by atoms with Crippen LogP contribution in [0, 0.1) is 4.91 Å². The zero-order valence-corrected chi connectivity index (χ0v) is 6.78. The third-order valence-electron chi connectivity index (χ3n) is 1.43. The van der Waals surface area contributed by atoms with Gasteiger partial charge < -0.3 is 5.11 Å². The molecule has 1 atom stereocenters. The average Bonchev–Trinajstić information content (AvgIpc) is 2.03. The van der Waals surface area contributed by atoms with Crippen LogP contribution in [0.25, 0.3) is 0 Å². The fraction of sp³-hybridized carbons (Fsp3) is 0.600. The second-order valence-electron chi connectivity index (χ2n) is 2.19. The standard InChI is InChI=1S/C5H6N2O4S/c8-4-2-12-1-3(5(9)10)7(4)6-11/h3H,1-2H2,(H,9,10). The molecule has 1 fully saturated rings. The third kappa shape index (κ3) is 1.55. The van der Waals surface area contributed by atoms with Gasteiger partial charge in [-0.05, 0) is 0 Å². The smallest absolute Gasteiger partial charge is 0.329 e. The largest absolute Gasteiger partial charge is 0.480 e. The zero-order valence-electron chi connectivity index (χ0n) is 5.97. The summed E-state index contributed by atoms with van der Waals surface area (Å²) in [7, 11) is 0. The first kappa shape index (κ1) is 8.98. The topological polar surface area (TPSA) is 87.0 Å². The summed E-state index contributed by atoms with van der Waals surface area (Å²) in [6.07, 6.45) is 0. The number of carboxylic acids is 1. The number of aliphatic carboxylic acids is 1.